The molecule has 0 radical (unpaired) electrons. The first-order valence-electron chi connectivity index (χ1n) is 10.1. The number of urea groups is 1. The van der Waals surface area contributed by atoms with Gasteiger partial charge in [-0.05, 0) is 73.6 Å². The summed E-state index contributed by atoms with van der Waals surface area (Å²) in [6, 6.07) is 1.76. The van der Waals surface area contributed by atoms with E-state index < -0.39 is 16.1 Å². The molecular weight excluding hydrogens is 378 g/mol. The number of hydrogen-bond donors (Lipinski definition) is 2. The van der Waals surface area contributed by atoms with Crippen LogP contribution in [0.4, 0.5) is 10.5 Å². The standard InChI is InChI=1S/C20H27N3O4S/c1-23(15-8-9-15)18(24)10-11-28(26,27)22-20(25)21-19-16-6-2-4-13(16)12-14-5-3-7-17(14)19/h12,15H,2-11H2,1H3,(H2,21,22,25). The van der Waals surface area contributed by atoms with E-state index in [9.17, 15) is 18.0 Å². The first kappa shape index (κ1) is 19.2. The van der Waals surface area contributed by atoms with Gasteiger partial charge in [0.25, 0.3) is 0 Å². The van der Waals surface area contributed by atoms with E-state index in [0.29, 0.717) is 0 Å². The van der Waals surface area contributed by atoms with E-state index in [1.807, 2.05) is 0 Å². The van der Waals surface area contributed by atoms with Crippen molar-refractivity contribution < 1.29 is 18.0 Å². The third kappa shape index (κ3) is 4.01. The highest BCUT2D eigenvalue weighted by molar-refractivity contribution is 7.90. The lowest BCUT2D eigenvalue weighted by molar-refractivity contribution is -0.129. The lowest BCUT2D eigenvalue weighted by Crippen LogP contribution is -2.38. The Morgan fingerprint density at radius 1 is 1.07 bits per heavy atom. The van der Waals surface area contributed by atoms with Crippen LogP contribution in [-0.2, 0) is 40.5 Å². The highest BCUT2D eigenvalue weighted by Crippen LogP contribution is 2.38. The van der Waals surface area contributed by atoms with Crippen LogP contribution < -0.4 is 10.0 Å². The lowest BCUT2D eigenvalue weighted by Gasteiger charge is -2.17. The van der Waals surface area contributed by atoms with Crippen molar-refractivity contribution in [2.45, 2.75) is 63.8 Å². The van der Waals surface area contributed by atoms with E-state index in [1.54, 1.807) is 11.9 Å². The number of aryl methyl sites for hydroxylation is 2. The second-order valence-electron chi connectivity index (χ2n) is 8.09. The van der Waals surface area contributed by atoms with Crippen LogP contribution in [0.1, 0.15) is 54.4 Å². The van der Waals surface area contributed by atoms with Gasteiger partial charge in [0.15, 0.2) is 0 Å². The smallest absolute Gasteiger partial charge is 0.332 e. The summed E-state index contributed by atoms with van der Waals surface area (Å²) in [4.78, 5) is 26.1. The Balaban J connectivity index is 1.40. The fourth-order valence-corrected chi connectivity index (χ4v) is 5.24. The maximum atomic E-state index is 12.4. The van der Waals surface area contributed by atoms with Gasteiger partial charge in [0.1, 0.15) is 0 Å². The van der Waals surface area contributed by atoms with Gasteiger partial charge < -0.3 is 10.2 Å². The minimum atomic E-state index is -3.87. The van der Waals surface area contributed by atoms with Gasteiger partial charge in [0.05, 0.1) is 5.75 Å². The molecule has 0 atom stereocenters. The molecule has 0 saturated heterocycles. The number of carbonyl (C=O) groups excluding carboxylic acids is 2. The molecule has 1 aromatic carbocycles. The van der Waals surface area contributed by atoms with Crippen LogP contribution in [0.25, 0.3) is 0 Å². The number of fused-ring (bicyclic) bond motifs is 2. The number of amides is 3. The van der Waals surface area contributed by atoms with Crippen LogP contribution in [-0.4, -0.2) is 44.1 Å². The highest BCUT2D eigenvalue weighted by Gasteiger charge is 2.30. The number of benzene rings is 1. The number of rotatable bonds is 6. The van der Waals surface area contributed by atoms with Gasteiger partial charge in [0.2, 0.25) is 15.9 Å². The molecule has 4 rings (SSSR count). The minimum Gasteiger partial charge on any atom is -0.343 e. The van der Waals surface area contributed by atoms with Crippen LogP contribution in [0, 0.1) is 0 Å². The Labute approximate surface area is 165 Å². The Bertz CT molecular complexity index is 890. The summed E-state index contributed by atoms with van der Waals surface area (Å²) in [5, 5.41) is 2.81. The zero-order valence-electron chi connectivity index (χ0n) is 16.2. The predicted molar refractivity (Wildman–Crippen MR) is 107 cm³/mol. The first-order chi connectivity index (χ1) is 13.3. The van der Waals surface area contributed by atoms with Crippen molar-refractivity contribution in [1.29, 1.82) is 0 Å². The van der Waals surface area contributed by atoms with Crippen molar-refractivity contribution >= 4 is 27.6 Å². The van der Waals surface area contributed by atoms with E-state index in [2.05, 4.69) is 16.1 Å². The number of anilines is 1. The zero-order valence-corrected chi connectivity index (χ0v) is 17.0. The zero-order chi connectivity index (χ0) is 19.9. The Kier molecular flexibility index (Phi) is 5.07. The van der Waals surface area contributed by atoms with Crippen LogP contribution >= 0.6 is 0 Å². The van der Waals surface area contributed by atoms with Gasteiger partial charge in [0, 0.05) is 25.2 Å². The fraction of sp³-hybridized carbons (Fsp3) is 0.600. The van der Waals surface area contributed by atoms with Gasteiger partial charge in [-0.3, -0.25) is 4.79 Å². The average Bonchev–Trinajstić information content (AvgIpc) is 3.19. The molecule has 0 aliphatic heterocycles. The molecule has 3 amide bonds. The van der Waals surface area contributed by atoms with Gasteiger partial charge in [-0.2, -0.15) is 0 Å². The van der Waals surface area contributed by atoms with E-state index in [0.717, 1.165) is 68.2 Å². The molecule has 0 unspecified atom stereocenters. The summed E-state index contributed by atoms with van der Waals surface area (Å²) in [6.07, 6.45) is 7.78. The first-order valence-corrected chi connectivity index (χ1v) is 11.7. The van der Waals surface area contributed by atoms with E-state index in [-0.39, 0.29) is 24.1 Å². The summed E-state index contributed by atoms with van der Waals surface area (Å²) < 4.78 is 26.6. The third-order valence-corrected chi connectivity index (χ3v) is 7.27. The van der Waals surface area contributed by atoms with Crippen LogP contribution in [0.5, 0.6) is 0 Å². The topological polar surface area (TPSA) is 95.6 Å². The average molecular weight is 406 g/mol. The Morgan fingerprint density at radius 2 is 1.68 bits per heavy atom. The number of carbonyl (C=O) groups is 2. The molecule has 8 heteroatoms. The van der Waals surface area contributed by atoms with Crippen LogP contribution in [0.2, 0.25) is 0 Å². The molecular formula is C20H27N3O4S. The summed E-state index contributed by atoms with van der Waals surface area (Å²) in [7, 11) is -2.17. The predicted octanol–water partition coefficient (Wildman–Crippen LogP) is 2.13. The largest absolute Gasteiger partial charge is 0.343 e. The second kappa shape index (κ2) is 7.39. The molecule has 0 heterocycles. The van der Waals surface area contributed by atoms with Gasteiger partial charge in [-0.1, -0.05) is 6.07 Å². The summed E-state index contributed by atoms with van der Waals surface area (Å²) in [5.74, 6) is -0.589. The van der Waals surface area contributed by atoms with Gasteiger partial charge in [-0.15, -0.1) is 0 Å². The summed E-state index contributed by atoms with van der Waals surface area (Å²) in [5.41, 5.74) is 5.64. The monoisotopic (exact) mass is 405 g/mol. The molecule has 2 N–H and O–H groups in total. The van der Waals surface area contributed by atoms with Crippen LogP contribution in [0.15, 0.2) is 6.07 Å². The third-order valence-electron chi connectivity index (χ3n) is 6.03. The molecule has 28 heavy (non-hydrogen) atoms. The maximum Gasteiger partial charge on any atom is 0.332 e. The van der Waals surface area contributed by atoms with Gasteiger partial charge >= 0.3 is 6.03 Å². The molecule has 0 spiro atoms. The quantitative estimate of drug-likeness (QED) is 0.758. The second-order valence-corrected chi connectivity index (χ2v) is 9.94. The number of nitrogens with zero attached hydrogens (tertiary/aromatic N) is 1. The number of nitrogens with one attached hydrogen (secondary N) is 2. The molecule has 0 aromatic heterocycles. The van der Waals surface area contributed by atoms with Gasteiger partial charge in [-0.25, -0.2) is 17.9 Å². The highest BCUT2D eigenvalue weighted by atomic mass is 32.2. The van der Waals surface area contributed by atoms with E-state index in [4.69, 9.17) is 0 Å². The molecule has 1 saturated carbocycles. The molecule has 1 fully saturated rings. The Hall–Kier alpha value is -2.09. The lowest BCUT2D eigenvalue weighted by atomic mass is 9.99. The van der Waals surface area contributed by atoms with Crippen molar-refractivity contribution in [3.05, 3.63) is 28.3 Å². The fourth-order valence-electron chi connectivity index (χ4n) is 4.36. The molecule has 3 aliphatic carbocycles. The molecule has 7 nitrogen and oxygen atoms in total. The van der Waals surface area contributed by atoms with Crippen molar-refractivity contribution in [3.8, 4) is 0 Å². The van der Waals surface area contributed by atoms with Crippen molar-refractivity contribution in [1.82, 2.24) is 9.62 Å². The summed E-state index contributed by atoms with van der Waals surface area (Å²) in [6.45, 7) is 0. The molecule has 3 aliphatic rings. The molecule has 0 bridgehead atoms. The normalized spacial score (nSPS) is 17.8. The number of sulfonamides is 1. The van der Waals surface area contributed by atoms with E-state index >= 15 is 0 Å². The van der Waals surface area contributed by atoms with Crippen molar-refractivity contribution in [3.63, 3.8) is 0 Å². The van der Waals surface area contributed by atoms with Crippen LogP contribution in [0.3, 0.4) is 0 Å². The van der Waals surface area contributed by atoms with Crippen molar-refractivity contribution in [2.24, 2.45) is 0 Å². The number of hydrogen-bond acceptors (Lipinski definition) is 4. The molecule has 1 aromatic rings. The van der Waals surface area contributed by atoms with Crippen molar-refractivity contribution in [2.75, 3.05) is 18.1 Å². The maximum absolute atomic E-state index is 12.4. The minimum absolute atomic E-state index is 0.119. The summed E-state index contributed by atoms with van der Waals surface area (Å²) >= 11 is 0. The van der Waals surface area contributed by atoms with E-state index in [1.165, 1.54) is 11.1 Å². The molecule has 152 valence electrons. The SMILES string of the molecule is CN(C(=O)CCS(=O)(=O)NC(=O)Nc1c2c(cc3c1CCC3)CCC2)C1CC1. The Morgan fingerprint density at radius 3 is 2.25 bits per heavy atom.